The van der Waals surface area contributed by atoms with Crippen LogP contribution in [-0.2, 0) is 28.6 Å². The summed E-state index contributed by atoms with van der Waals surface area (Å²) in [5.41, 5.74) is -0.982. The zero-order chi connectivity index (χ0) is 23.6. The van der Waals surface area contributed by atoms with E-state index in [1.807, 2.05) is 6.08 Å². The van der Waals surface area contributed by atoms with E-state index in [9.17, 15) is 14.4 Å². The molecule has 7 atom stereocenters. The standard InChI is InChI=1S/C27H36O6/c1-5-6-11-27(31-4)32-16-22(30)26(33-27)13-10-20-19-8-7-17-14-18(28)9-12-24(17,2)23(19)21(29)15-25(20,26)3/h9,12,14,19-20,23H,5-8,10-11,13,15-16H2,1-4H3/t19-,20-,23+,24+,25-,26-,27+/m1/s1. The highest BCUT2D eigenvalue weighted by atomic mass is 16.9. The first-order valence-electron chi connectivity index (χ1n) is 12.5. The molecule has 0 unspecified atom stereocenters. The Balaban J connectivity index is 1.52. The molecule has 1 heterocycles. The van der Waals surface area contributed by atoms with Gasteiger partial charge in [0, 0.05) is 36.7 Å². The van der Waals surface area contributed by atoms with Gasteiger partial charge in [-0.15, -0.1) is 0 Å². The number of fused-ring (bicyclic) bond motifs is 6. The Morgan fingerprint density at radius 1 is 1.18 bits per heavy atom. The van der Waals surface area contributed by atoms with E-state index >= 15 is 0 Å². The summed E-state index contributed by atoms with van der Waals surface area (Å²) in [6.07, 6.45) is 11.1. The molecule has 1 spiro atoms. The molecule has 5 rings (SSSR count). The first-order valence-corrected chi connectivity index (χ1v) is 12.5. The van der Waals surface area contributed by atoms with Gasteiger partial charge in [-0.25, -0.2) is 0 Å². The molecular formula is C27H36O6. The van der Waals surface area contributed by atoms with Crippen LogP contribution < -0.4 is 0 Å². The van der Waals surface area contributed by atoms with Gasteiger partial charge >= 0.3 is 0 Å². The predicted molar refractivity (Wildman–Crippen MR) is 121 cm³/mol. The van der Waals surface area contributed by atoms with E-state index in [0.29, 0.717) is 19.3 Å². The van der Waals surface area contributed by atoms with Crippen LogP contribution in [0.5, 0.6) is 0 Å². The van der Waals surface area contributed by atoms with Crippen molar-refractivity contribution in [3.8, 4) is 0 Å². The van der Waals surface area contributed by atoms with Crippen LogP contribution in [0.15, 0.2) is 23.8 Å². The first-order chi connectivity index (χ1) is 15.6. The van der Waals surface area contributed by atoms with Crippen molar-refractivity contribution in [2.24, 2.45) is 28.6 Å². The second-order valence-electron chi connectivity index (χ2n) is 11.2. The van der Waals surface area contributed by atoms with Gasteiger partial charge in [0.25, 0.3) is 5.97 Å². The van der Waals surface area contributed by atoms with E-state index in [4.69, 9.17) is 14.2 Å². The zero-order valence-electron chi connectivity index (χ0n) is 20.3. The number of Topliss-reactive ketones (excluding diaryl/α,β-unsaturated/α-hetero) is 2. The second-order valence-corrected chi connectivity index (χ2v) is 11.2. The fraction of sp³-hybridized carbons (Fsp3) is 0.741. The van der Waals surface area contributed by atoms with Crippen LogP contribution in [0.2, 0.25) is 0 Å². The molecule has 4 aliphatic carbocycles. The summed E-state index contributed by atoms with van der Waals surface area (Å²) in [6, 6.07) is 0. The fourth-order valence-corrected chi connectivity index (χ4v) is 8.01. The molecule has 0 N–H and O–H groups in total. The van der Waals surface area contributed by atoms with Crippen molar-refractivity contribution in [2.45, 2.75) is 83.7 Å². The molecule has 6 heteroatoms. The summed E-state index contributed by atoms with van der Waals surface area (Å²) < 4.78 is 18.2. The van der Waals surface area contributed by atoms with Gasteiger partial charge in [-0.05, 0) is 56.1 Å². The van der Waals surface area contributed by atoms with Gasteiger partial charge in [-0.1, -0.05) is 38.8 Å². The molecule has 0 radical (unpaired) electrons. The summed E-state index contributed by atoms with van der Waals surface area (Å²) in [7, 11) is 1.57. The van der Waals surface area contributed by atoms with Crippen molar-refractivity contribution in [3.05, 3.63) is 23.8 Å². The van der Waals surface area contributed by atoms with E-state index in [1.54, 1.807) is 19.3 Å². The van der Waals surface area contributed by atoms with Crippen LogP contribution >= 0.6 is 0 Å². The maximum atomic E-state index is 13.9. The number of hydrogen-bond donors (Lipinski definition) is 0. The van der Waals surface area contributed by atoms with E-state index in [0.717, 1.165) is 37.7 Å². The molecule has 33 heavy (non-hydrogen) atoms. The summed E-state index contributed by atoms with van der Waals surface area (Å²) >= 11 is 0. The van der Waals surface area contributed by atoms with Gasteiger partial charge in [-0.2, -0.15) is 0 Å². The van der Waals surface area contributed by atoms with E-state index in [2.05, 4.69) is 20.8 Å². The fourth-order valence-electron chi connectivity index (χ4n) is 8.01. The molecule has 0 amide bonds. The lowest BCUT2D eigenvalue weighted by atomic mass is 9.46. The van der Waals surface area contributed by atoms with Crippen molar-refractivity contribution in [1.29, 1.82) is 0 Å². The smallest absolute Gasteiger partial charge is 0.284 e. The number of rotatable bonds is 4. The highest BCUT2D eigenvalue weighted by Gasteiger charge is 2.72. The molecule has 0 aromatic heterocycles. The maximum Gasteiger partial charge on any atom is 0.284 e. The van der Waals surface area contributed by atoms with Crippen molar-refractivity contribution in [1.82, 2.24) is 0 Å². The minimum absolute atomic E-state index is 0.0121. The predicted octanol–water partition coefficient (Wildman–Crippen LogP) is 4.32. The van der Waals surface area contributed by atoms with Crippen LogP contribution in [0.1, 0.15) is 72.1 Å². The Hall–Kier alpha value is -1.63. The third-order valence-corrected chi connectivity index (χ3v) is 9.73. The quantitative estimate of drug-likeness (QED) is 0.627. The Labute approximate surface area is 196 Å². The molecule has 3 saturated carbocycles. The lowest BCUT2D eigenvalue weighted by Gasteiger charge is -2.59. The molecule has 0 bridgehead atoms. The number of methoxy groups -OCH3 is 1. The number of carbonyl (C=O) groups excluding carboxylic acids is 3. The van der Waals surface area contributed by atoms with Crippen LogP contribution in [0.3, 0.4) is 0 Å². The summed E-state index contributed by atoms with van der Waals surface area (Å²) in [5.74, 6) is -0.881. The van der Waals surface area contributed by atoms with Gasteiger partial charge in [0.15, 0.2) is 11.6 Å². The van der Waals surface area contributed by atoms with Crippen molar-refractivity contribution < 1.29 is 28.6 Å². The highest BCUT2D eigenvalue weighted by molar-refractivity contribution is 6.02. The van der Waals surface area contributed by atoms with Gasteiger partial charge < -0.3 is 14.2 Å². The van der Waals surface area contributed by atoms with Crippen LogP contribution in [-0.4, -0.2) is 42.6 Å². The molecule has 1 aliphatic heterocycles. The molecule has 5 aliphatic rings. The van der Waals surface area contributed by atoms with E-state index < -0.39 is 22.4 Å². The second kappa shape index (κ2) is 7.69. The molecule has 180 valence electrons. The molecule has 4 fully saturated rings. The van der Waals surface area contributed by atoms with E-state index in [1.165, 1.54) is 0 Å². The SMILES string of the molecule is CCCC[C@]1(OC)OCC(=O)[C@@]2(CC[C@@H]3[C@H]4CCC5=CC(=O)C=C[C@]5(C)[C@@H]4C(=O)C[C@]32C)O1. The van der Waals surface area contributed by atoms with Crippen LogP contribution in [0, 0.1) is 28.6 Å². The summed E-state index contributed by atoms with van der Waals surface area (Å²) in [6.45, 7) is 6.26. The summed E-state index contributed by atoms with van der Waals surface area (Å²) in [5, 5.41) is 0. The highest BCUT2D eigenvalue weighted by Crippen LogP contribution is 2.68. The number of ketones is 3. The third-order valence-electron chi connectivity index (χ3n) is 9.73. The monoisotopic (exact) mass is 456 g/mol. The number of carbonyl (C=O) groups is 3. The van der Waals surface area contributed by atoms with Crippen LogP contribution in [0.25, 0.3) is 0 Å². The van der Waals surface area contributed by atoms with Gasteiger partial charge in [0.1, 0.15) is 18.0 Å². The lowest BCUT2D eigenvalue weighted by Crippen LogP contribution is -2.67. The summed E-state index contributed by atoms with van der Waals surface area (Å²) in [4.78, 5) is 39.4. The lowest BCUT2D eigenvalue weighted by molar-refractivity contribution is -0.424. The number of hydrogen-bond acceptors (Lipinski definition) is 6. The minimum Gasteiger partial charge on any atom is -0.331 e. The van der Waals surface area contributed by atoms with E-state index in [-0.39, 0.29) is 41.7 Å². The van der Waals surface area contributed by atoms with Crippen molar-refractivity contribution in [2.75, 3.05) is 13.7 Å². The first kappa shape index (κ1) is 23.1. The topological polar surface area (TPSA) is 78.9 Å². The molecule has 6 nitrogen and oxygen atoms in total. The molecule has 0 aromatic carbocycles. The van der Waals surface area contributed by atoms with Crippen molar-refractivity contribution >= 4 is 17.3 Å². The third kappa shape index (κ3) is 3.06. The van der Waals surface area contributed by atoms with Crippen molar-refractivity contribution in [3.63, 3.8) is 0 Å². The van der Waals surface area contributed by atoms with Gasteiger partial charge in [0.05, 0.1) is 0 Å². The van der Waals surface area contributed by atoms with Crippen LogP contribution in [0.4, 0.5) is 0 Å². The largest absolute Gasteiger partial charge is 0.331 e. The van der Waals surface area contributed by atoms with Gasteiger partial charge in [-0.3, -0.25) is 14.4 Å². The molecule has 1 saturated heterocycles. The normalized spacial score (nSPS) is 46.7. The zero-order valence-corrected chi connectivity index (χ0v) is 20.3. The Morgan fingerprint density at radius 2 is 1.97 bits per heavy atom. The Bertz CT molecular complexity index is 950. The van der Waals surface area contributed by atoms with Gasteiger partial charge in [0.2, 0.25) is 0 Å². The number of ether oxygens (including phenoxy) is 3. The Morgan fingerprint density at radius 3 is 2.70 bits per heavy atom. The number of unbranched alkanes of at least 4 members (excludes halogenated alkanes) is 1. The average Bonchev–Trinajstić information content (AvgIpc) is 3.07. The Kier molecular flexibility index (Phi) is 5.39. The average molecular weight is 457 g/mol. The molecular weight excluding hydrogens is 420 g/mol. The minimum atomic E-state index is -1.23. The maximum absolute atomic E-state index is 13.9. The molecule has 0 aromatic rings. The number of allylic oxidation sites excluding steroid dienone is 4.